The first-order chi connectivity index (χ1) is 8.50. The molecular weight excluding hydrogens is 248 g/mol. The zero-order valence-electron chi connectivity index (χ0n) is 10.8. The highest BCUT2D eigenvalue weighted by molar-refractivity contribution is 7.91. The van der Waals surface area contributed by atoms with Crippen LogP contribution in [0.15, 0.2) is 24.3 Å². The monoisotopic (exact) mass is 266 g/mol. The first-order valence-corrected chi connectivity index (χ1v) is 7.73. The van der Waals surface area contributed by atoms with Crippen LogP contribution in [0.3, 0.4) is 0 Å². The van der Waals surface area contributed by atoms with E-state index in [-0.39, 0.29) is 11.5 Å². The molecule has 1 aromatic rings. The van der Waals surface area contributed by atoms with Crippen molar-refractivity contribution in [3.63, 3.8) is 0 Å². The van der Waals surface area contributed by atoms with Gasteiger partial charge in [-0.3, -0.25) is 0 Å². The normalized spacial score (nSPS) is 10.9. The van der Waals surface area contributed by atoms with Gasteiger partial charge in [-0.1, -0.05) is 19.1 Å². The highest BCUT2D eigenvalue weighted by Gasteiger charge is 2.12. The van der Waals surface area contributed by atoms with Crippen molar-refractivity contribution in [3.8, 4) is 6.07 Å². The SMILES string of the molecule is CCCS(=O)(=O)CCN(C)c1ccccc1C#N. The second kappa shape index (κ2) is 6.41. The van der Waals surface area contributed by atoms with Gasteiger partial charge in [0.15, 0.2) is 9.84 Å². The molecule has 0 saturated carbocycles. The van der Waals surface area contributed by atoms with Crippen LogP contribution in [-0.4, -0.2) is 33.5 Å². The van der Waals surface area contributed by atoms with E-state index in [0.717, 1.165) is 5.69 Å². The molecule has 18 heavy (non-hydrogen) atoms. The highest BCUT2D eigenvalue weighted by atomic mass is 32.2. The lowest BCUT2D eigenvalue weighted by Crippen LogP contribution is -2.27. The summed E-state index contributed by atoms with van der Waals surface area (Å²) >= 11 is 0. The summed E-state index contributed by atoms with van der Waals surface area (Å²) < 4.78 is 23.3. The molecule has 0 amide bonds. The molecule has 0 atom stereocenters. The summed E-state index contributed by atoms with van der Waals surface area (Å²) in [6, 6.07) is 9.30. The smallest absolute Gasteiger partial charge is 0.152 e. The Morgan fingerprint density at radius 1 is 1.28 bits per heavy atom. The first kappa shape index (κ1) is 14.5. The van der Waals surface area contributed by atoms with Gasteiger partial charge in [-0.05, 0) is 18.6 Å². The molecule has 98 valence electrons. The summed E-state index contributed by atoms with van der Waals surface area (Å²) in [5.74, 6) is 0.345. The van der Waals surface area contributed by atoms with E-state index < -0.39 is 9.84 Å². The van der Waals surface area contributed by atoms with E-state index in [1.807, 2.05) is 24.0 Å². The number of rotatable bonds is 6. The third-order valence-corrected chi connectivity index (χ3v) is 4.52. The van der Waals surface area contributed by atoms with E-state index in [9.17, 15) is 8.42 Å². The molecule has 1 aromatic carbocycles. The third kappa shape index (κ3) is 4.04. The summed E-state index contributed by atoms with van der Waals surface area (Å²) in [5, 5.41) is 8.98. The average molecular weight is 266 g/mol. The predicted molar refractivity (Wildman–Crippen MR) is 73.4 cm³/mol. The Balaban J connectivity index is 2.72. The lowest BCUT2D eigenvalue weighted by molar-refractivity contribution is 0.594. The third-order valence-electron chi connectivity index (χ3n) is 2.69. The fourth-order valence-electron chi connectivity index (χ4n) is 1.71. The van der Waals surface area contributed by atoms with Crippen molar-refractivity contribution in [1.82, 2.24) is 0 Å². The summed E-state index contributed by atoms with van der Waals surface area (Å²) in [7, 11) is -1.18. The molecule has 1 rings (SSSR count). The zero-order chi connectivity index (χ0) is 13.6. The van der Waals surface area contributed by atoms with Crippen molar-refractivity contribution in [1.29, 1.82) is 5.26 Å². The maximum atomic E-state index is 11.6. The number of anilines is 1. The molecule has 0 unspecified atom stereocenters. The zero-order valence-corrected chi connectivity index (χ0v) is 11.6. The maximum Gasteiger partial charge on any atom is 0.152 e. The largest absolute Gasteiger partial charge is 0.373 e. The van der Waals surface area contributed by atoms with Crippen molar-refractivity contribution >= 4 is 15.5 Å². The molecule has 0 spiro atoms. The first-order valence-electron chi connectivity index (χ1n) is 5.91. The quantitative estimate of drug-likeness (QED) is 0.788. The Kier molecular flexibility index (Phi) is 5.17. The fraction of sp³-hybridized carbons (Fsp3) is 0.462. The minimum Gasteiger partial charge on any atom is -0.373 e. The molecule has 0 aliphatic heterocycles. The van der Waals surface area contributed by atoms with Crippen LogP contribution in [0.2, 0.25) is 0 Å². The summed E-state index contributed by atoms with van der Waals surface area (Å²) in [4.78, 5) is 1.81. The van der Waals surface area contributed by atoms with Crippen LogP contribution >= 0.6 is 0 Å². The van der Waals surface area contributed by atoms with E-state index >= 15 is 0 Å². The average Bonchev–Trinajstić information content (AvgIpc) is 2.36. The van der Waals surface area contributed by atoms with Gasteiger partial charge in [0.2, 0.25) is 0 Å². The highest BCUT2D eigenvalue weighted by Crippen LogP contribution is 2.17. The number of nitriles is 1. The van der Waals surface area contributed by atoms with Crippen molar-refractivity contribution < 1.29 is 8.42 Å². The van der Waals surface area contributed by atoms with E-state index in [0.29, 0.717) is 18.5 Å². The maximum absolute atomic E-state index is 11.6. The van der Waals surface area contributed by atoms with Crippen LogP contribution in [0.1, 0.15) is 18.9 Å². The second-order valence-corrected chi connectivity index (χ2v) is 6.51. The van der Waals surface area contributed by atoms with Crippen molar-refractivity contribution in [2.45, 2.75) is 13.3 Å². The Morgan fingerprint density at radius 3 is 2.56 bits per heavy atom. The number of benzene rings is 1. The number of para-hydroxylation sites is 1. The molecule has 4 nitrogen and oxygen atoms in total. The van der Waals surface area contributed by atoms with Crippen LogP contribution in [0.5, 0.6) is 0 Å². The molecular formula is C13H18N2O2S. The van der Waals surface area contributed by atoms with Gasteiger partial charge in [0.05, 0.1) is 17.0 Å². The van der Waals surface area contributed by atoms with Gasteiger partial charge in [0.1, 0.15) is 6.07 Å². The molecule has 0 fully saturated rings. The van der Waals surface area contributed by atoms with Gasteiger partial charge < -0.3 is 4.90 Å². The molecule has 0 heterocycles. The molecule has 0 aliphatic carbocycles. The molecule has 5 heteroatoms. The van der Waals surface area contributed by atoms with Crippen LogP contribution in [0.25, 0.3) is 0 Å². The van der Waals surface area contributed by atoms with Crippen molar-refractivity contribution in [2.24, 2.45) is 0 Å². The molecule has 0 radical (unpaired) electrons. The number of sulfone groups is 1. The van der Waals surface area contributed by atoms with Gasteiger partial charge in [0.25, 0.3) is 0 Å². The Labute approximate surface area is 109 Å². The van der Waals surface area contributed by atoms with Gasteiger partial charge in [-0.25, -0.2) is 8.42 Å². The molecule has 0 bridgehead atoms. The molecule has 0 aliphatic rings. The minimum atomic E-state index is -2.98. The lowest BCUT2D eigenvalue weighted by Gasteiger charge is -2.20. The second-order valence-electron chi connectivity index (χ2n) is 4.20. The van der Waals surface area contributed by atoms with E-state index in [4.69, 9.17) is 5.26 Å². The number of hydrogen-bond donors (Lipinski definition) is 0. The van der Waals surface area contributed by atoms with Crippen molar-refractivity contribution in [2.75, 3.05) is 30.0 Å². The van der Waals surface area contributed by atoms with Crippen LogP contribution in [0.4, 0.5) is 5.69 Å². The van der Waals surface area contributed by atoms with E-state index in [1.54, 1.807) is 19.2 Å². The number of nitrogens with zero attached hydrogens (tertiary/aromatic N) is 2. The Hall–Kier alpha value is -1.54. The topological polar surface area (TPSA) is 61.2 Å². The summed E-state index contributed by atoms with van der Waals surface area (Å²) in [5.41, 5.74) is 1.33. The van der Waals surface area contributed by atoms with E-state index in [1.165, 1.54) is 0 Å². The summed E-state index contributed by atoms with van der Waals surface area (Å²) in [6.07, 6.45) is 0.640. The van der Waals surface area contributed by atoms with Crippen LogP contribution in [-0.2, 0) is 9.84 Å². The summed E-state index contributed by atoms with van der Waals surface area (Å²) in [6.45, 7) is 2.26. The van der Waals surface area contributed by atoms with Gasteiger partial charge in [-0.15, -0.1) is 0 Å². The molecule has 0 aromatic heterocycles. The molecule has 0 saturated heterocycles. The van der Waals surface area contributed by atoms with Gasteiger partial charge >= 0.3 is 0 Å². The van der Waals surface area contributed by atoms with Gasteiger partial charge in [-0.2, -0.15) is 5.26 Å². The predicted octanol–water partition coefficient (Wildman–Crippen LogP) is 1.82. The fourth-order valence-corrected chi connectivity index (χ4v) is 3.09. The van der Waals surface area contributed by atoms with E-state index in [2.05, 4.69) is 6.07 Å². The van der Waals surface area contributed by atoms with Crippen molar-refractivity contribution in [3.05, 3.63) is 29.8 Å². The van der Waals surface area contributed by atoms with Crippen LogP contribution < -0.4 is 4.90 Å². The number of hydrogen-bond acceptors (Lipinski definition) is 4. The lowest BCUT2D eigenvalue weighted by atomic mass is 10.2. The Bertz CT molecular complexity index is 532. The standard InChI is InChI=1S/C13H18N2O2S/c1-3-9-18(16,17)10-8-15(2)13-7-5-4-6-12(13)11-14/h4-7H,3,8-10H2,1-2H3. The van der Waals surface area contributed by atoms with Gasteiger partial charge in [0, 0.05) is 19.3 Å². The molecule has 0 N–H and O–H groups in total. The van der Waals surface area contributed by atoms with Crippen LogP contribution in [0, 0.1) is 11.3 Å². The minimum absolute atomic E-state index is 0.122. The Morgan fingerprint density at radius 2 is 1.94 bits per heavy atom.